The number of halogens is 2. The highest BCUT2D eigenvalue weighted by molar-refractivity contribution is 9.10. The molecule has 1 aromatic carbocycles. The molecule has 1 amide bonds. The third-order valence-corrected chi connectivity index (χ3v) is 3.44. The van der Waals surface area contributed by atoms with Crippen molar-refractivity contribution in [3.05, 3.63) is 45.7 Å². The van der Waals surface area contributed by atoms with Crippen molar-refractivity contribution >= 4 is 21.8 Å². The van der Waals surface area contributed by atoms with Gasteiger partial charge in [-0.05, 0) is 30.2 Å². The molecule has 0 aliphatic carbocycles. The van der Waals surface area contributed by atoms with E-state index in [0.717, 1.165) is 17.3 Å². The summed E-state index contributed by atoms with van der Waals surface area (Å²) in [5, 5.41) is 9.23. The van der Waals surface area contributed by atoms with Gasteiger partial charge in [0.15, 0.2) is 0 Å². The van der Waals surface area contributed by atoms with Gasteiger partial charge in [0.05, 0.1) is 0 Å². The van der Waals surface area contributed by atoms with E-state index in [1.54, 1.807) is 6.07 Å². The number of nitrogens with zero attached hydrogens (tertiary/aromatic N) is 2. The fourth-order valence-corrected chi connectivity index (χ4v) is 2.07. The maximum Gasteiger partial charge on any atom is 0.291 e. The lowest BCUT2D eigenvalue weighted by Gasteiger charge is -2.05. The summed E-state index contributed by atoms with van der Waals surface area (Å²) in [5.74, 6) is 0.0471. The average Bonchev–Trinajstić information content (AvgIpc) is 2.88. The van der Waals surface area contributed by atoms with Crippen LogP contribution in [-0.4, -0.2) is 21.1 Å². The molecule has 0 fully saturated rings. The normalized spacial score (nSPS) is 10.6. The van der Waals surface area contributed by atoms with E-state index in [-0.39, 0.29) is 24.1 Å². The quantitative estimate of drug-likeness (QED) is 0.878. The van der Waals surface area contributed by atoms with Crippen molar-refractivity contribution in [1.29, 1.82) is 0 Å². The molecule has 0 saturated carbocycles. The van der Waals surface area contributed by atoms with E-state index < -0.39 is 0 Å². The summed E-state index contributed by atoms with van der Waals surface area (Å²) in [6.07, 6.45) is 1.67. The van der Waals surface area contributed by atoms with E-state index in [2.05, 4.69) is 36.4 Å². The fourth-order valence-electron chi connectivity index (χ4n) is 1.68. The molecule has 0 aliphatic heterocycles. The van der Waals surface area contributed by atoms with Gasteiger partial charge in [0, 0.05) is 17.4 Å². The molecule has 0 atom stereocenters. The van der Waals surface area contributed by atoms with Gasteiger partial charge >= 0.3 is 0 Å². The van der Waals surface area contributed by atoms with Crippen LogP contribution < -0.4 is 5.32 Å². The fraction of sp³-hybridized carbons (Fsp3) is 0.308. The van der Waals surface area contributed by atoms with Crippen LogP contribution in [0.25, 0.3) is 0 Å². The van der Waals surface area contributed by atoms with E-state index in [1.165, 1.54) is 12.1 Å². The molecule has 0 bridgehead atoms. The summed E-state index contributed by atoms with van der Waals surface area (Å²) in [6.45, 7) is 2.22. The van der Waals surface area contributed by atoms with E-state index in [9.17, 15) is 9.18 Å². The number of nitrogens with one attached hydrogen (secondary N) is 2. The highest BCUT2D eigenvalue weighted by Crippen LogP contribution is 2.17. The molecule has 0 unspecified atom stereocenters. The van der Waals surface area contributed by atoms with Crippen molar-refractivity contribution in [3.8, 4) is 0 Å². The monoisotopic (exact) mass is 340 g/mol. The van der Waals surface area contributed by atoms with Crippen LogP contribution in [0, 0.1) is 5.82 Å². The first-order chi connectivity index (χ1) is 9.60. The number of aryl methyl sites for hydroxylation is 1. The highest BCUT2D eigenvalue weighted by Gasteiger charge is 2.12. The van der Waals surface area contributed by atoms with E-state index >= 15 is 0 Å². The predicted octanol–water partition coefficient (Wildman–Crippen LogP) is 2.59. The zero-order chi connectivity index (χ0) is 14.5. The predicted molar refractivity (Wildman–Crippen MR) is 75.6 cm³/mol. The van der Waals surface area contributed by atoms with Crippen molar-refractivity contribution in [2.75, 3.05) is 0 Å². The number of carbonyl (C=O) groups is 1. The first-order valence-corrected chi connectivity index (χ1v) is 7.03. The van der Waals surface area contributed by atoms with Crippen molar-refractivity contribution in [2.24, 2.45) is 0 Å². The molecule has 0 spiro atoms. The van der Waals surface area contributed by atoms with E-state index in [1.807, 2.05) is 6.92 Å². The number of benzene rings is 1. The molecule has 0 aliphatic rings. The molecular weight excluding hydrogens is 327 g/mol. The molecule has 2 N–H and O–H groups in total. The van der Waals surface area contributed by atoms with Crippen LogP contribution in [-0.2, 0) is 13.0 Å². The summed E-state index contributed by atoms with van der Waals surface area (Å²) >= 11 is 3.31. The third-order valence-electron chi connectivity index (χ3n) is 2.67. The first-order valence-electron chi connectivity index (χ1n) is 6.23. The van der Waals surface area contributed by atoms with Crippen molar-refractivity contribution < 1.29 is 9.18 Å². The van der Waals surface area contributed by atoms with Crippen LogP contribution in [0.5, 0.6) is 0 Å². The second-order valence-electron chi connectivity index (χ2n) is 4.27. The Morgan fingerprint density at radius 3 is 3.05 bits per heavy atom. The number of hydrogen-bond donors (Lipinski definition) is 2. The Balaban J connectivity index is 1.99. The molecule has 2 rings (SSSR count). The molecule has 5 nitrogen and oxygen atoms in total. The molecule has 1 heterocycles. The van der Waals surface area contributed by atoms with Gasteiger partial charge in [0.25, 0.3) is 5.91 Å². The third kappa shape index (κ3) is 3.63. The minimum Gasteiger partial charge on any atom is -0.345 e. The molecule has 7 heteroatoms. The largest absolute Gasteiger partial charge is 0.345 e. The maximum absolute atomic E-state index is 13.1. The lowest BCUT2D eigenvalue weighted by molar-refractivity contribution is 0.0940. The Kier molecular flexibility index (Phi) is 4.84. The molecular formula is C13H14BrFN4O. The number of amides is 1. The van der Waals surface area contributed by atoms with Crippen molar-refractivity contribution in [1.82, 2.24) is 20.5 Å². The van der Waals surface area contributed by atoms with Gasteiger partial charge in [0.2, 0.25) is 5.82 Å². The smallest absolute Gasteiger partial charge is 0.291 e. The van der Waals surface area contributed by atoms with Crippen LogP contribution in [0.4, 0.5) is 4.39 Å². The average molecular weight is 341 g/mol. The lowest BCUT2D eigenvalue weighted by atomic mass is 10.2. The molecule has 0 radical (unpaired) electrons. The van der Waals surface area contributed by atoms with Gasteiger partial charge in [-0.25, -0.2) is 9.37 Å². The second kappa shape index (κ2) is 6.60. The van der Waals surface area contributed by atoms with E-state index in [0.29, 0.717) is 11.4 Å². The number of carbonyl (C=O) groups excluding carboxylic acids is 1. The summed E-state index contributed by atoms with van der Waals surface area (Å²) in [4.78, 5) is 16.0. The maximum atomic E-state index is 13.1. The molecule has 2 aromatic rings. The van der Waals surface area contributed by atoms with E-state index in [4.69, 9.17) is 0 Å². The summed E-state index contributed by atoms with van der Waals surface area (Å²) < 4.78 is 13.9. The number of aromatic nitrogens is 3. The summed E-state index contributed by atoms with van der Waals surface area (Å²) in [6, 6.07) is 4.31. The Morgan fingerprint density at radius 1 is 1.50 bits per heavy atom. The highest BCUT2D eigenvalue weighted by atomic mass is 79.9. The van der Waals surface area contributed by atoms with Crippen LogP contribution in [0.1, 0.15) is 35.4 Å². The molecule has 20 heavy (non-hydrogen) atoms. The number of aromatic amines is 1. The first kappa shape index (κ1) is 14.6. The second-order valence-corrected chi connectivity index (χ2v) is 5.13. The Morgan fingerprint density at radius 2 is 2.30 bits per heavy atom. The molecule has 1 aromatic heterocycles. The SMILES string of the molecule is CCCc1nc(C(=O)NCc2cc(F)ccc2Br)n[nH]1. The Labute approximate surface area is 124 Å². The van der Waals surface area contributed by atoms with Gasteiger partial charge in [0.1, 0.15) is 11.6 Å². The minimum atomic E-state index is -0.389. The number of rotatable bonds is 5. The summed E-state index contributed by atoms with van der Waals surface area (Å²) in [5.41, 5.74) is 0.655. The van der Waals surface area contributed by atoms with Crippen LogP contribution >= 0.6 is 15.9 Å². The standard InChI is InChI=1S/C13H14BrFN4O/c1-2-3-11-17-12(19-18-11)13(20)16-7-8-6-9(15)4-5-10(8)14/h4-6H,2-3,7H2,1H3,(H,16,20)(H,17,18,19). The van der Waals surface area contributed by atoms with Gasteiger partial charge in [-0.3, -0.25) is 9.89 Å². The lowest BCUT2D eigenvalue weighted by Crippen LogP contribution is -2.24. The minimum absolute atomic E-state index is 0.0981. The number of hydrogen-bond acceptors (Lipinski definition) is 3. The van der Waals surface area contributed by atoms with Crippen molar-refractivity contribution in [3.63, 3.8) is 0 Å². The van der Waals surface area contributed by atoms with Gasteiger partial charge < -0.3 is 5.32 Å². The summed E-state index contributed by atoms with van der Waals surface area (Å²) in [7, 11) is 0. The van der Waals surface area contributed by atoms with Gasteiger partial charge in [-0.15, -0.1) is 5.10 Å². The number of H-pyrrole nitrogens is 1. The van der Waals surface area contributed by atoms with Crippen LogP contribution in [0.15, 0.2) is 22.7 Å². The zero-order valence-electron chi connectivity index (χ0n) is 10.9. The van der Waals surface area contributed by atoms with Crippen LogP contribution in [0.3, 0.4) is 0 Å². The molecule has 106 valence electrons. The van der Waals surface area contributed by atoms with Crippen molar-refractivity contribution in [2.45, 2.75) is 26.3 Å². The van der Waals surface area contributed by atoms with Crippen LogP contribution in [0.2, 0.25) is 0 Å². The zero-order valence-corrected chi connectivity index (χ0v) is 12.5. The van der Waals surface area contributed by atoms with Gasteiger partial charge in [-0.2, -0.15) is 0 Å². The van der Waals surface area contributed by atoms with Gasteiger partial charge in [-0.1, -0.05) is 22.9 Å². The Bertz CT molecular complexity index is 614. The molecule has 0 saturated heterocycles. The topological polar surface area (TPSA) is 70.7 Å². The Hall–Kier alpha value is -1.76.